The summed E-state index contributed by atoms with van der Waals surface area (Å²) >= 11 is 0. The summed E-state index contributed by atoms with van der Waals surface area (Å²) in [5.41, 5.74) is -2.71. The van der Waals surface area contributed by atoms with Crippen molar-refractivity contribution < 1.29 is 43.0 Å². The highest BCUT2D eigenvalue weighted by Gasteiger charge is 2.49. The van der Waals surface area contributed by atoms with Gasteiger partial charge in [0.15, 0.2) is 0 Å². The Morgan fingerprint density at radius 1 is 0.778 bits per heavy atom. The topological polar surface area (TPSA) is 148 Å². The average molecular weight is 510 g/mol. The Bertz CT molecular complexity index is 857. The molecule has 0 heterocycles. The molecule has 0 bridgehead atoms. The number of unbranched alkanes of at least 4 members (excludes halogenated alkanes) is 3. The normalized spacial score (nSPS) is 10.9. The number of carbonyl (C=O) groups excluding carboxylic acids is 4. The van der Waals surface area contributed by atoms with Gasteiger partial charge in [-0.1, -0.05) is 40.0 Å². The Kier molecular flexibility index (Phi) is 13.8. The van der Waals surface area contributed by atoms with E-state index in [2.05, 4.69) is 0 Å². The van der Waals surface area contributed by atoms with Crippen molar-refractivity contribution in [3.63, 3.8) is 0 Å². The van der Waals surface area contributed by atoms with Gasteiger partial charge in [0.25, 0.3) is 5.69 Å². The van der Waals surface area contributed by atoms with Gasteiger partial charge in [0.05, 0.1) is 43.1 Å². The number of ether oxygens (including phenoxy) is 4. The molecule has 0 unspecified atom stereocenters. The Morgan fingerprint density at radius 2 is 1.22 bits per heavy atom. The van der Waals surface area contributed by atoms with Crippen molar-refractivity contribution >= 4 is 29.6 Å². The molecular formula is C25H35NO10. The fourth-order valence-electron chi connectivity index (χ4n) is 2.95. The molecule has 0 N–H and O–H groups in total. The Morgan fingerprint density at radius 3 is 1.64 bits per heavy atom. The number of hydrogen-bond donors (Lipinski definition) is 0. The van der Waals surface area contributed by atoms with Crippen LogP contribution >= 0.6 is 0 Å². The predicted molar refractivity (Wildman–Crippen MR) is 128 cm³/mol. The zero-order valence-electron chi connectivity index (χ0n) is 21.1. The van der Waals surface area contributed by atoms with Gasteiger partial charge < -0.3 is 18.9 Å². The van der Waals surface area contributed by atoms with E-state index in [-0.39, 0.29) is 31.1 Å². The van der Waals surface area contributed by atoms with Crippen molar-refractivity contribution in [1.29, 1.82) is 0 Å². The van der Waals surface area contributed by atoms with Crippen LogP contribution in [0.5, 0.6) is 0 Å². The number of benzene rings is 1. The first-order valence-corrected chi connectivity index (χ1v) is 12.1. The highest BCUT2D eigenvalue weighted by molar-refractivity contribution is 5.96. The molecule has 0 aliphatic carbocycles. The number of esters is 4. The number of nitrogens with zero attached hydrogens (tertiary/aromatic N) is 1. The molecule has 36 heavy (non-hydrogen) atoms. The summed E-state index contributed by atoms with van der Waals surface area (Å²) in [5, 5.41) is 10.9. The number of nitro benzene ring substituents is 1. The van der Waals surface area contributed by atoms with Gasteiger partial charge in [-0.05, 0) is 31.4 Å². The number of nitro groups is 1. The summed E-state index contributed by atoms with van der Waals surface area (Å²) in [6.45, 7) is 5.86. The molecule has 1 rings (SSSR count). The van der Waals surface area contributed by atoms with Gasteiger partial charge >= 0.3 is 23.9 Å². The van der Waals surface area contributed by atoms with E-state index < -0.39 is 47.2 Å². The van der Waals surface area contributed by atoms with Crippen LogP contribution < -0.4 is 0 Å². The van der Waals surface area contributed by atoms with Crippen molar-refractivity contribution in [2.45, 2.75) is 77.7 Å². The monoisotopic (exact) mass is 509 g/mol. The van der Waals surface area contributed by atoms with Crippen molar-refractivity contribution in [3.05, 3.63) is 39.9 Å². The van der Waals surface area contributed by atoms with Crippen molar-refractivity contribution in [1.82, 2.24) is 0 Å². The van der Waals surface area contributed by atoms with Crippen LogP contribution in [0.15, 0.2) is 24.3 Å². The third-order valence-electron chi connectivity index (χ3n) is 5.09. The maximum Gasteiger partial charge on any atom is 0.351 e. The highest BCUT2D eigenvalue weighted by atomic mass is 16.6. The first-order chi connectivity index (χ1) is 17.2. The molecular weight excluding hydrogens is 474 g/mol. The maximum atomic E-state index is 13.2. The largest absolute Gasteiger partial charge is 0.466 e. The summed E-state index contributed by atoms with van der Waals surface area (Å²) in [5.74, 6) is -3.85. The lowest BCUT2D eigenvalue weighted by Crippen LogP contribution is -2.48. The molecule has 11 heteroatoms. The number of carbonyl (C=O) groups is 4. The zero-order valence-corrected chi connectivity index (χ0v) is 21.1. The molecule has 0 fully saturated rings. The quantitative estimate of drug-likeness (QED) is 0.0978. The van der Waals surface area contributed by atoms with Crippen LogP contribution in [0.25, 0.3) is 0 Å². The number of rotatable bonds is 17. The fourth-order valence-corrected chi connectivity index (χ4v) is 2.95. The van der Waals surface area contributed by atoms with Gasteiger partial charge in [-0.15, -0.1) is 0 Å². The van der Waals surface area contributed by atoms with E-state index in [0.717, 1.165) is 37.1 Å². The molecule has 1 aromatic carbocycles. The summed E-state index contributed by atoms with van der Waals surface area (Å²) in [6, 6.07) is 4.48. The van der Waals surface area contributed by atoms with E-state index in [1.807, 2.05) is 20.8 Å². The minimum absolute atomic E-state index is 0.0120. The SMILES string of the molecule is CCCCOC(=O)CC(CC(=O)OCCCC)(OC(=O)c1ccc([N+](=O)[O-])cc1)C(=O)OCCCC. The van der Waals surface area contributed by atoms with Crippen LogP contribution in [0, 0.1) is 10.1 Å². The lowest BCUT2D eigenvalue weighted by atomic mass is 9.94. The molecule has 1 aromatic rings. The molecule has 200 valence electrons. The van der Waals surface area contributed by atoms with Gasteiger partial charge in [-0.3, -0.25) is 19.7 Å². The Balaban J connectivity index is 3.30. The van der Waals surface area contributed by atoms with Crippen LogP contribution in [0.3, 0.4) is 0 Å². The molecule has 0 atom stereocenters. The third-order valence-corrected chi connectivity index (χ3v) is 5.09. The molecule has 0 radical (unpaired) electrons. The molecule has 0 aliphatic heterocycles. The van der Waals surface area contributed by atoms with E-state index in [4.69, 9.17) is 18.9 Å². The van der Waals surface area contributed by atoms with Gasteiger partial charge in [-0.2, -0.15) is 0 Å². The highest BCUT2D eigenvalue weighted by Crippen LogP contribution is 2.27. The van der Waals surface area contributed by atoms with E-state index in [1.165, 1.54) is 0 Å². The maximum absolute atomic E-state index is 13.2. The lowest BCUT2D eigenvalue weighted by molar-refractivity contribution is -0.384. The van der Waals surface area contributed by atoms with Crippen LogP contribution in [-0.4, -0.2) is 54.2 Å². The van der Waals surface area contributed by atoms with Gasteiger partial charge in [0.1, 0.15) is 0 Å². The molecule has 0 aliphatic rings. The molecule has 11 nitrogen and oxygen atoms in total. The van der Waals surface area contributed by atoms with E-state index in [9.17, 15) is 29.3 Å². The van der Waals surface area contributed by atoms with Crippen molar-refractivity contribution in [2.75, 3.05) is 19.8 Å². The Hall–Kier alpha value is -3.50. The minimum atomic E-state index is -2.33. The van der Waals surface area contributed by atoms with Crippen LogP contribution in [0.4, 0.5) is 5.69 Å². The second-order valence-corrected chi connectivity index (χ2v) is 8.18. The van der Waals surface area contributed by atoms with Crippen molar-refractivity contribution in [2.24, 2.45) is 0 Å². The first-order valence-electron chi connectivity index (χ1n) is 12.1. The van der Waals surface area contributed by atoms with Crippen molar-refractivity contribution in [3.8, 4) is 0 Å². The van der Waals surface area contributed by atoms with E-state index in [0.29, 0.717) is 25.7 Å². The third kappa shape index (κ3) is 10.4. The molecule has 0 saturated carbocycles. The standard InChI is InChI=1S/C25H35NO10/c1-4-7-14-33-21(27)17-25(24(30)35-16-9-6-3,18-22(28)34-15-8-5-2)36-23(29)19-10-12-20(13-11-19)26(31)32/h10-13H,4-9,14-18H2,1-3H3. The van der Waals surface area contributed by atoms with Gasteiger partial charge in [-0.25, -0.2) is 9.59 Å². The molecule has 0 spiro atoms. The predicted octanol–water partition coefficient (Wildman–Crippen LogP) is 4.30. The smallest absolute Gasteiger partial charge is 0.351 e. The fraction of sp³-hybridized carbons (Fsp3) is 0.600. The molecule has 0 saturated heterocycles. The second-order valence-electron chi connectivity index (χ2n) is 8.18. The van der Waals surface area contributed by atoms with Gasteiger partial charge in [0, 0.05) is 12.1 Å². The second kappa shape index (κ2) is 16.2. The molecule has 0 amide bonds. The summed E-state index contributed by atoms with van der Waals surface area (Å²) < 4.78 is 21.1. The summed E-state index contributed by atoms with van der Waals surface area (Å²) in [4.78, 5) is 61.6. The Labute approximate surface area is 210 Å². The lowest BCUT2D eigenvalue weighted by Gasteiger charge is -2.30. The molecule has 0 aromatic heterocycles. The number of hydrogen-bond acceptors (Lipinski definition) is 10. The van der Waals surface area contributed by atoms with Crippen LogP contribution in [-0.2, 0) is 33.3 Å². The van der Waals surface area contributed by atoms with Crippen LogP contribution in [0.1, 0.15) is 82.5 Å². The zero-order chi connectivity index (χ0) is 27.0. The number of non-ortho nitro benzene ring substituents is 1. The minimum Gasteiger partial charge on any atom is -0.466 e. The first kappa shape index (κ1) is 30.5. The average Bonchev–Trinajstić information content (AvgIpc) is 2.84. The van der Waals surface area contributed by atoms with E-state index in [1.54, 1.807) is 0 Å². The van der Waals surface area contributed by atoms with Crippen LogP contribution in [0.2, 0.25) is 0 Å². The van der Waals surface area contributed by atoms with Gasteiger partial charge in [0.2, 0.25) is 5.60 Å². The summed E-state index contributed by atoms with van der Waals surface area (Å²) in [6.07, 6.45) is 2.39. The summed E-state index contributed by atoms with van der Waals surface area (Å²) in [7, 11) is 0. The van der Waals surface area contributed by atoms with E-state index >= 15 is 0 Å².